The zero-order valence-corrected chi connectivity index (χ0v) is 14.0. The number of carbonyl (C=O) groups excluding carboxylic acids is 1. The second-order valence-electron chi connectivity index (χ2n) is 6.52. The summed E-state index contributed by atoms with van der Waals surface area (Å²) in [5.41, 5.74) is 5.95. The SMILES string of the molecule is Cc1ccc2nc(C)cc(C(=O)N3CCCc4ccccc43)c2c1. The van der Waals surface area contributed by atoms with Crippen LogP contribution in [0.2, 0.25) is 0 Å². The molecule has 0 saturated heterocycles. The van der Waals surface area contributed by atoms with Crippen molar-refractivity contribution in [2.24, 2.45) is 0 Å². The van der Waals surface area contributed by atoms with Gasteiger partial charge in [-0.2, -0.15) is 0 Å². The number of amides is 1. The maximum Gasteiger partial charge on any atom is 0.259 e. The highest BCUT2D eigenvalue weighted by Gasteiger charge is 2.25. The van der Waals surface area contributed by atoms with Crippen LogP contribution in [0.15, 0.2) is 48.5 Å². The molecule has 0 N–H and O–H groups in total. The lowest BCUT2D eigenvalue weighted by Gasteiger charge is -2.30. The molecule has 0 unspecified atom stereocenters. The molecule has 1 amide bonds. The predicted molar refractivity (Wildman–Crippen MR) is 97.7 cm³/mol. The molecule has 3 heteroatoms. The number of pyridine rings is 1. The fourth-order valence-corrected chi connectivity index (χ4v) is 3.54. The predicted octanol–water partition coefficient (Wildman–Crippen LogP) is 4.44. The molecular formula is C21H20N2O. The van der Waals surface area contributed by atoms with Crippen LogP contribution in [0.3, 0.4) is 0 Å². The Labute approximate surface area is 141 Å². The zero-order valence-electron chi connectivity index (χ0n) is 14.0. The molecule has 2 heterocycles. The van der Waals surface area contributed by atoms with Crippen molar-refractivity contribution in [1.82, 2.24) is 4.98 Å². The summed E-state index contributed by atoms with van der Waals surface area (Å²) in [6.45, 7) is 4.76. The van der Waals surface area contributed by atoms with Gasteiger partial charge in [-0.25, -0.2) is 0 Å². The number of aromatic nitrogens is 1. The van der Waals surface area contributed by atoms with Crippen molar-refractivity contribution in [2.45, 2.75) is 26.7 Å². The molecule has 0 fully saturated rings. The van der Waals surface area contributed by atoms with Gasteiger partial charge < -0.3 is 4.90 Å². The van der Waals surface area contributed by atoms with E-state index in [0.717, 1.165) is 52.8 Å². The van der Waals surface area contributed by atoms with Gasteiger partial charge in [0.1, 0.15) is 0 Å². The number of nitrogens with zero attached hydrogens (tertiary/aromatic N) is 2. The minimum absolute atomic E-state index is 0.0725. The summed E-state index contributed by atoms with van der Waals surface area (Å²) < 4.78 is 0. The number of benzene rings is 2. The Kier molecular flexibility index (Phi) is 3.57. The van der Waals surface area contributed by atoms with E-state index >= 15 is 0 Å². The largest absolute Gasteiger partial charge is 0.308 e. The van der Waals surface area contributed by atoms with Crippen molar-refractivity contribution < 1.29 is 4.79 Å². The van der Waals surface area contributed by atoms with Crippen molar-refractivity contribution >= 4 is 22.5 Å². The van der Waals surface area contributed by atoms with Gasteiger partial charge in [0.15, 0.2) is 0 Å². The van der Waals surface area contributed by atoms with Gasteiger partial charge in [0.25, 0.3) is 5.91 Å². The highest BCUT2D eigenvalue weighted by molar-refractivity contribution is 6.14. The van der Waals surface area contributed by atoms with E-state index in [9.17, 15) is 4.79 Å². The van der Waals surface area contributed by atoms with Crippen molar-refractivity contribution in [2.75, 3.05) is 11.4 Å². The Morgan fingerprint density at radius 2 is 1.92 bits per heavy atom. The van der Waals surface area contributed by atoms with E-state index in [1.54, 1.807) is 0 Å². The third-order valence-corrected chi connectivity index (χ3v) is 4.68. The molecule has 1 aromatic heterocycles. The standard InChI is InChI=1S/C21H20N2O/c1-14-9-10-19-17(12-14)18(13-15(2)22-19)21(24)23-11-5-7-16-6-3-4-8-20(16)23/h3-4,6,8-10,12-13H,5,7,11H2,1-2H3. The second-order valence-corrected chi connectivity index (χ2v) is 6.52. The van der Waals surface area contributed by atoms with E-state index in [4.69, 9.17) is 0 Å². The molecule has 0 spiro atoms. The first-order chi connectivity index (χ1) is 11.6. The molecule has 0 radical (unpaired) electrons. The van der Waals surface area contributed by atoms with Crippen molar-refractivity contribution in [3.63, 3.8) is 0 Å². The fourth-order valence-electron chi connectivity index (χ4n) is 3.54. The van der Waals surface area contributed by atoms with E-state index in [0.29, 0.717) is 0 Å². The first kappa shape index (κ1) is 14.9. The highest BCUT2D eigenvalue weighted by Crippen LogP contribution is 2.30. The molecule has 2 aromatic carbocycles. The molecule has 0 aliphatic carbocycles. The van der Waals surface area contributed by atoms with E-state index in [2.05, 4.69) is 17.1 Å². The lowest BCUT2D eigenvalue weighted by atomic mass is 9.99. The lowest BCUT2D eigenvalue weighted by Crippen LogP contribution is -2.35. The first-order valence-corrected chi connectivity index (χ1v) is 8.41. The van der Waals surface area contributed by atoms with Gasteiger partial charge in [-0.1, -0.05) is 29.8 Å². The molecule has 0 atom stereocenters. The number of anilines is 1. The Morgan fingerprint density at radius 1 is 1.08 bits per heavy atom. The van der Waals surface area contributed by atoms with Gasteiger partial charge in [0.2, 0.25) is 0 Å². The second kappa shape index (κ2) is 5.75. The molecule has 0 bridgehead atoms. The Bertz CT molecular complexity index is 946. The van der Waals surface area contributed by atoms with Gasteiger partial charge in [0, 0.05) is 23.3 Å². The normalized spacial score (nSPS) is 13.8. The van der Waals surface area contributed by atoms with Crippen LogP contribution in [0, 0.1) is 13.8 Å². The summed E-state index contributed by atoms with van der Waals surface area (Å²) in [5.74, 6) is 0.0725. The van der Waals surface area contributed by atoms with E-state index < -0.39 is 0 Å². The zero-order chi connectivity index (χ0) is 16.7. The van der Waals surface area contributed by atoms with Gasteiger partial charge in [0.05, 0.1) is 11.1 Å². The number of hydrogen-bond acceptors (Lipinski definition) is 2. The maximum atomic E-state index is 13.3. The van der Waals surface area contributed by atoms with Crippen LogP contribution >= 0.6 is 0 Å². The van der Waals surface area contributed by atoms with Crippen LogP contribution in [0.25, 0.3) is 10.9 Å². The van der Waals surface area contributed by atoms with Crippen LogP contribution in [-0.2, 0) is 6.42 Å². The van der Waals surface area contributed by atoms with Crippen LogP contribution in [0.4, 0.5) is 5.69 Å². The van der Waals surface area contributed by atoms with Crippen molar-refractivity contribution in [3.8, 4) is 0 Å². The fraction of sp³-hybridized carbons (Fsp3) is 0.238. The third-order valence-electron chi connectivity index (χ3n) is 4.68. The summed E-state index contributed by atoms with van der Waals surface area (Å²) in [7, 11) is 0. The summed E-state index contributed by atoms with van der Waals surface area (Å²) in [5, 5.41) is 0.939. The minimum atomic E-state index is 0.0725. The summed E-state index contributed by atoms with van der Waals surface area (Å²) in [4.78, 5) is 19.8. The Morgan fingerprint density at radius 3 is 2.79 bits per heavy atom. The molecule has 1 aliphatic rings. The van der Waals surface area contributed by atoms with Crippen LogP contribution in [-0.4, -0.2) is 17.4 Å². The molecular weight excluding hydrogens is 296 g/mol. The number of hydrogen-bond donors (Lipinski definition) is 0. The van der Waals surface area contributed by atoms with E-state index in [-0.39, 0.29) is 5.91 Å². The maximum absolute atomic E-state index is 13.3. The molecule has 120 valence electrons. The smallest absolute Gasteiger partial charge is 0.259 e. The molecule has 1 aliphatic heterocycles. The molecule has 3 nitrogen and oxygen atoms in total. The van der Waals surface area contributed by atoms with Crippen LogP contribution in [0.1, 0.15) is 33.6 Å². The highest BCUT2D eigenvalue weighted by atomic mass is 16.2. The molecule has 0 saturated carbocycles. The number of rotatable bonds is 1. The monoisotopic (exact) mass is 316 g/mol. The van der Waals surface area contributed by atoms with Gasteiger partial charge in [-0.05, 0) is 56.5 Å². The summed E-state index contributed by atoms with van der Waals surface area (Å²) in [6, 6.07) is 16.2. The third kappa shape index (κ3) is 2.46. The van der Waals surface area contributed by atoms with E-state index in [1.165, 1.54) is 5.56 Å². The lowest BCUT2D eigenvalue weighted by molar-refractivity contribution is 0.0986. The first-order valence-electron chi connectivity index (χ1n) is 8.41. The minimum Gasteiger partial charge on any atom is -0.308 e. The molecule has 4 rings (SSSR count). The van der Waals surface area contributed by atoms with Crippen molar-refractivity contribution in [3.05, 3.63) is 70.9 Å². The summed E-state index contributed by atoms with van der Waals surface area (Å²) in [6.07, 6.45) is 2.04. The number of fused-ring (bicyclic) bond motifs is 2. The number of para-hydroxylation sites is 1. The van der Waals surface area contributed by atoms with Gasteiger partial charge in [-0.3, -0.25) is 9.78 Å². The van der Waals surface area contributed by atoms with Crippen LogP contribution in [0.5, 0.6) is 0 Å². The van der Waals surface area contributed by atoms with Crippen molar-refractivity contribution in [1.29, 1.82) is 0 Å². The number of carbonyl (C=O) groups is 1. The van der Waals surface area contributed by atoms with Crippen LogP contribution < -0.4 is 4.90 Å². The van der Waals surface area contributed by atoms with Gasteiger partial charge in [-0.15, -0.1) is 0 Å². The number of aryl methyl sites for hydroxylation is 3. The molecule has 3 aromatic rings. The topological polar surface area (TPSA) is 33.2 Å². The Hall–Kier alpha value is -2.68. The quantitative estimate of drug-likeness (QED) is 0.665. The average Bonchev–Trinajstić information content (AvgIpc) is 2.60. The molecule has 24 heavy (non-hydrogen) atoms. The van der Waals surface area contributed by atoms with E-state index in [1.807, 2.05) is 55.1 Å². The average molecular weight is 316 g/mol. The Balaban J connectivity index is 1.87. The van der Waals surface area contributed by atoms with Gasteiger partial charge >= 0.3 is 0 Å². The summed E-state index contributed by atoms with van der Waals surface area (Å²) >= 11 is 0.